The molecule has 1 aromatic carbocycles. The standard InChI is InChI=1S/C12H13N/c1-3-11-9(2)6-7-10-5-4-8-13-12(10)11/h4-8H,3H2,1-2H3. The van der Waals surface area contributed by atoms with E-state index in [4.69, 9.17) is 0 Å². The first kappa shape index (κ1) is 8.24. The first-order valence-corrected chi connectivity index (χ1v) is 4.66. The molecular weight excluding hydrogens is 158 g/mol. The van der Waals surface area contributed by atoms with Crippen molar-refractivity contribution in [1.29, 1.82) is 0 Å². The third-order valence-electron chi connectivity index (χ3n) is 2.47. The van der Waals surface area contributed by atoms with Gasteiger partial charge in [-0.15, -0.1) is 0 Å². The Bertz CT molecular complexity index is 432. The summed E-state index contributed by atoms with van der Waals surface area (Å²) in [6.07, 6.45) is 2.92. The van der Waals surface area contributed by atoms with Crippen LogP contribution >= 0.6 is 0 Å². The topological polar surface area (TPSA) is 12.9 Å². The van der Waals surface area contributed by atoms with Crippen LogP contribution in [0.2, 0.25) is 0 Å². The maximum absolute atomic E-state index is 4.41. The fourth-order valence-electron chi connectivity index (χ4n) is 1.75. The summed E-state index contributed by atoms with van der Waals surface area (Å²) in [5, 5.41) is 1.24. The van der Waals surface area contributed by atoms with Gasteiger partial charge in [-0.1, -0.05) is 25.1 Å². The minimum Gasteiger partial charge on any atom is -0.256 e. The Morgan fingerprint density at radius 2 is 2.08 bits per heavy atom. The predicted octanol–water partition coefficient (Wildman–Crippen LogP) is 3.11. The lowest BCUT2D eigenvalue weighted by Crippen LogP contribution is -1.90. The summed E-state index contributed by atoms with van der Waals surface area (Å²) < 4.78 is 0. The van der Waals surface area contributed by atoms with Crippen molar-refractivity contribution >= 4 is 10.9 Å². The van der Waals surface area contributed by atoms with Crippen LogP contribution in [0.4, 0.5) is 0 Å². The van der Waals surface area contributed by atoms with Crippen LogP contribution in [0.5, 0.6) is 0 Å². The lowest BCUT2D eigenvalue weighted by Gasteiger charge is -2.06. The highest BCUT2D eigenvalue weighted by Gasteiger charge is 2.02. The molecule has 0 amide bonds. The molecule has 1 heteroatoms. The molecule has 66 valence electrons. The van der Waals surface area contributed by atoms with Crippen LogP contribution in [0.1, 0.15) is 18.1 Å². The summed E-state index contributed by atoms with van der Waals surface area (Å²) >= 11 is 0. The molecule has 1 nitrogen and oxygen atoms in total. The molecule has 0 saturated heterocycles. The maximum atomic E-state index is 4.41. The third-order valence-corrected chi connectivity index (χ3v) is 2.47. The zero-order chi connectivity index (χ0) is 9.26. The van der Waals surface area contributed by atoms with Crippen molar-refractivity contribution in [1.82, 2.24) is 4.98 Å². The fraction of sp³-hybridized carbons (Fsp3) is 0.250. The molecule has 0 unspecified atom stereocenters. The molecule has 0 aliphatic rings. The summed E-state index contributed by atoms with van der Waals surface area (Å²) in [6.45, 7) is 4.32. The molecule has 2 aromatic rings. The highest BCUT2D eigenvalue weighted by atomic mass is 14.6. The van der Waals surface area contributed by atoms with Gasteiger partial charge in [0.2, 0.25) is 0 Å². The lowest BCUT2D eigenvalue weighted by atomic mass is 10.0. The summed E-state index contributed by atoms with van der Waals surface area (Å²) in [4.78, 5) is 4.41. The normalized spacial score (nSPS) is 10.6. The van der Waals surface area contributed by atoms with Crippen molar-refractivity contribution < 1.29 is 0 Å². The smallest absolute Gasteiger partial charge is 0.0736 e. The van der Waals surface area contributed by atoms with Gasteiger partial charge in [-0.2, -0.15) is 0 Å². The van der Waals surface area contributed by atoms with Gasteiger partial charge in [0.1, 0.15) is 0 Å². The Labute approximate surface area is 78.4 Å². The Balaban J connectivity index is 2.84. The quantitative estimate of drug-likeness (QED) is 0.642. The Kier molecular flexibility index (Phi) is 2.01. The number of aromatic nitrogens is 1. The van der Waals surface area contributed by atoms with Crippen LogP contribution in [-0.4, -0.2) is 4.98 Å². The summed E-state index contributed by atoms with van der Waals surface area (Å²) in [7, 11) is 0. The molecule has 13 heavy (non-hydrogen) atoms. The molecule has 0 spiro atoms. The van der Waals surface area contributed by atoms with Crippen molar-refractivity contribution in [2.24, 2.45) is 0 Å². The molecule has 0 aliphatic carbocycles. The molecule has 0 saturated carbocycles. The van der Waals surface area contributed by atoms with Crippen molar-refractivity contribution in [3.8, 4) is 0 Å². The zero-order valence-electron chi connectivity index (χ0n) is 8.04. The van der Waals surface area contributed by atoms with Gasteiger partial charge < -0.3 is 0 Å². The highest BCUT2D eigenvalue weighted by molar-refractivity contribution is 5.82. The number of nitrogens with zero attached hydrogens (tertiary/aromatic N) is 1. The van der Waals surface area contributed by atoms with Crippen molar-refractivity contribution in [3.63, 3.8) is 0 Å². The zero-order valence-corrected chi connectivity index (χ0v) is 8.04. The van der Waals surface area contributed by atoms with E-state index in [-0.39, 0.29) is 0 Å². The van der Waals surface area contributed by atoms with Crippen LogP contribution < -0.4 is 0 Å². The predicted molar refractivity (Wildman–Crippen MR) is 55.9 cm³/mol. The highest BCUT2D eigenvalue weighted by Crippen LogP contribution is 2.19. The second-order valence-electron chi connectivity index (χ2n) is 3.29. The number of fused-ring (bicyclic) bond motifs is 1. The van der Waals surface area contributed by atoms with Gasteiger partial charge in [-0.25, -0.2) is 0 Å². The first-order valence-electron chi connectivity index (χ1n) is 4.66. The van der Waals surface area contributed by atoms with E-state index >= 15 is 0 Å². The SMILES string of the molecule is CCc1c(C)ccc2cccnc12. The Morgan fingerprint density at radius 3 is 2.85 bits per heavy atom. The van der Waals surface area contributed by atoms with Crippen LogP contribution in [0, 0.1) is 6.92 Å². The van der Waals surface area contributed by atoms with Crippen molar-refractivity contribution in [2.75, 3.05) is 0 Å². The molecule has 0 atom stereocenters. The Morgan fingerprint density at radius 1 is 1.23 bits per heavy atom. The van der Waals surface area contributed by atoms with E-state index in [9.17, 15) is 0 Å². The van der Waals surface area contributed by atoms with E-state index in [2.05, 4.69) is 37.0 Å². The van der Waals surface area contributed by atoms with E-state index in [0.717, 1.165) is 11.9 Å². The minimum atomic E-state index is 1.06. The number of pyridine rings is 1. The number of hydrogen-bond donors (Lipinski definition) is 0. The van der Waals surface area contributed by atoms with E-state index in [1.54, 1.807) is 0 Å². The Hall–Kier alpha value is -1.37. The molecular formula is C12H13N. The summed E-state index contributed by atoms with van der Waals surface area (Å²) in [5.74, 6) is 0. The number of benzene rings is 1. The lowest BCUT2D eigenvalue weighted by molar-refractivity contribution is 1.12. The van der Waals surface area contributed by atoms with E-state index in [1.807, 2.05) is 12.3 Å². The van der Waals surface area contributed by atoms with Crippen LogP contribution in [0.25, 0.3) is 10.9 Å². The van der Waals surface area contributed by atoms with Gasteiger partial charge in [-0.05, 0) is 30.5 Å². The molecule has 2 rings (SSSR count). The molecule has 0 fully saturated rings. The van der Waals surface area contributed by atoms with Gasteiger partial charge in [0.05, 0.1) is 5.52 Å². The number of rotatable bonds is 1. The van der Waals surface area contributed by atoms with Gasteiger partial charge in [-0.3, -0.25) is 4.98 Å². The van der Waals surface area contributed by atoms with Crippen molar-refractivity contribution in [2.45, 2.75) is 20.3 Å². The molecule has 0 radical (unpaired) electrons. The minimum absolute atomic E-state index is 1.06. The molecule has 0 aliphatic heterocycles. The number of aryl methyl sites for hydroxylation is 2. The molecule has 1 heterocycles. The summed E-state index contributed by atoms with van der Waals surface area (Å²) in [5.41, 5.74) is 3.87. The van der Waals surface area contributed by atoms with Crippen LogP contribution in [0.3, 0.4) is 0 Å². The van der Waals surface area contributed by atoms with Crippen LogP contribution in [-0.2, 0) is 6.42 Å². The monoisotopic (exact) mass is 171 g/mol. The molecule has 0 N–H and O–H groups in total. The van der Waals surface area contributed by atoms with Crippen molar-refractivity contribution in [3.05, 3.63) is 41.6 Å². The maximum Gasteiger partial charge on any atom is 0.0736 e. The van der Waals surface area contributed by atoms with E-state index in [1.165, 1.54) is 16.5 Å². The second kappa shape index (κ2) is 3.17. The largest absolute Gasteiger partial charge is 0.256 e. The van der Waals surface area contributed by atoms with Gasteiger partial charge in [0, 0.05) is 11.6 Å². The van der Waals surface area contributed by atoms with E-state index < -0.39 is 0 Å². The van der Waals surface area contributed by atoms with Gasteiger partial charge in [0.25, 0.3) is 0 Å². The van der Waals surface area contributed by atoms with Crippen LogP contribution in [0.15, 0.2) is 30.5 Å². The second-order valence-corrected chi connectivity index (χ2v) is 3.29. The van der Waals surface area contributed by atoms with E-state index in [0.29, 0.717) is 0 Å². The van der Waals surface area contributed by atoms with Gasteiger partial charge >= 0.3 is 0 Å². The molecule has 0 bridgehead atoms. The average molecular weight is 171 g/mol. The first-order chi connectivity index (χ1) is 6.33. The average Bonchev–Trinajstić information content (AvgIpc) is 2.18. The third kappa shape index (κ3) is 1.31. The molecule has 1 aromatic heterocycles. The fourth-order valence-corrected chi connectivity index (χ4v) is 1.75. The number of hydrogen-bond acceptors (Lipinski definition) is 1. The summed E-state index contributed by atoms with van der Waals surface area (Å²) in [6, 6.07) is 8.40. The van der Waals surface area contributed by atoms with Gasteiger partial charge in [0.15, 0.2) is 0 Å².